The molecule has 3 rings (SSSR count). The fraction of sp³-hybridized carbons (Fsp3) is 0.375. The zero-order valence-electron chi connectivity index (χ0n) is 11.9. The number of halogens is 1. The van der Waals surface area contributed by atoms with E-state index in [4.69, 9.17) is 11.6 Å². The van der Waals surface area contributed by atoms with Crippen LogP contribution in [0.3, 0.4) is 0 Å². The highest BCUT2D eigenvalue weighted by atomic mass is 35.5. The second-order valence-electron chi connectivity index (χ2n) is 5.69. The van der Waals surface area contributed by atoms with Gasteiger partial charge >= 0.3 is 0 Å². The maximum absolute atomic E-state index is 12.1. The Morgan fingerprint density at radius 2 is 2.29 bits per heavy atom. The molecule has 110 valence electrons. The Bertz CT molecular complexity index is 648. The summed E-state index contributed by atoms with van der Waals surface area (Å²) in [5, 5.41) is 10.7. The van der Waals surface area contributed by atoms with Crippen LogP contribution in [0.2, 0.25) is 5.02 Å². The van der Waals surface area contributed by atoms with Gasteiger partial charge in [0.05, 0.1) is 0 Å². The minimum atomic E-state index is -0.132. The smallest absolute Gasteiger partial charge is 0.271 e. The molecule has 0 unspecified atom stereocenters. The minimum Gasteiger partial charge on any atom is -0.348 e. The number of hydrogen-bond acceptors (Lipinski definition) is 2. The average Bonchev–Trinajstić information content (AvgIpc) is 3.16. The van der Waals surface area contributed by atoms with Crippen molar-refractivity contribution < 1.29 is 4.79 Å². The number of aromatic amines is 1. The number of amides is 1. The molecule has 1 atom stereocenters. The van der Waals surface area contributed by atoms with Crippen molar-refractivity contribution in [1.29, 1.82) is 0 Å². The van der Waals surface area contributed by atoms with Gasteiger partial charge in [0.2, 0.25) is 0 Å². The number of nitrogens with one attached hydrogen (secondary N) is 2. The molecule has 2 N–H and O–H groups in total. The first-order valence-corrected chi connectivity index (χ1v) is 7.60. The van der Waals surface area contributed by atoms with Crippen molar-refractivity contribution in [2.75, 3.05) is 0 Å². The Labute approximate surface area is 128 Å². The second-order valence-corrected chi connectivity index (χ2v) is 6.13. The van der Waals surface area contributed by atoms with Crippen molar-refractivity contribution in [3.63, 3.8) is 0 Å². The molecule has 21 heavy (non-hydrogen) atoms. The lowest BCUT2D eigenvalue weighted by Crippen LogP contribution is -2.34. The Balaban J connectivity index is 1.58. The van der Waals surface area contributed by atoms with Gasteiger partial charge in [-0.15, -0.1) is 0 Å². The molecule has 5 heteroatoms. The summed E-state index contributed by atoms with van der Waals surface area (Å²) in [7, 11) is 0. The topological polar surface area (TPSA) is 57.8 Å². The predicted octanol–water partition coefficient (Wildman–Crippen LogP) is 3.30. The highest BCUT2D eigenvalue weighted by molar-refractivity contribution is 6.30. The summed E-state index contributed by atoms with van der Waals surface area (Å²) in [5.41, 5.74) is 2.65. The summed E-state index contributed by atoms with van der Waals surface area (Å²) < 4.78 is 0. The van der Waals surface area contributed by atoms with E-state index in [2.05, 4.69) is 15.5 Å². The van der Waals surface area contributed by atoms with Gasteiger partial charge < -0.3 is 5.32 Å². The third-order valence-electron chi connectivity index (χ3n) is 3.66. The molecule has 0 aliphatic heterocycles. The molecule has 0 radical (unpaired) electrons. The summed E-state index contributed by atoms with van der Waals surface area (Å²) in [6.45, 7) is 1.98. The molecular formula is C16H18ClN3O. The monoisotopic (exact) mass is 303 g/mol. The van der Waals surface area contributed by atoms with E-state index >= 15 is 0 Å². The maximum Gasteiger partial charge on any atom is 0.271 e. The third-order valence-corrected chi connectivity index (χ3v) is 3.89. The number of benzene rings is 1. The van der Waals surface area contributed by atoms with Crippen LogP contribution in [0.15, 0.2) is 30.3 Å². The van der Waals surface area contributed by atoms with E-state index in [-0.39, 0.29) is 11.9 Å². The van der Waals surface area contributed by atoms with Gasteiger partial charge in [0.1, 0.15) is 5.69 Å². The highest BCUT2D eigenvalue weighted by Crippen LogP contribution is 2.38. The van der Waals surface area contributed by atoms with Crippen molar-refractivity contribution in [2.45, 2.75) is 38.1 Å². The van der Waals surface area contributed by atoms with E-state index in [0.717, 1.165) is 17.7 Å². The number of H-pyrrole nitrogens is 1. The molecule has 0 saturated heterocycles. The van der Waals surface area contributed by atoms with Crippen LogP contribution in [-0.2, 0) is 6.42 Å². The van der Waals surface area contributed by atoms with Crippen LogP contribution in [-0.4, -0.2) is 22.1 Å². The summed E-state index contributed by atoms with van der Waals surface area (Å²) in [4.78, 5) is 12.1. The van der Waals surface area contributed by atoms with Crippen LogP contribution in [0, 0.1) is 0 Å². The average molecular weight is 304 g/mol. The number of nitrogens with zero attached hydrogens (tertiary/aromatic N) is 1. The second kappa shape index (κ2) is 5.90. The molecule has 4 nitrogen and oxygen atoms in total. The van der Waals surface area contributed by atoms with E-state index in [0.29, 0.717) is 16.6 Å². The van der Waals surface area contributed by atoms with Crippen molar-refractivity contribution in [3.8, 4) is 0 Å². The first-order valence-electron chi connectivity index (χ1n) is 7.22. The zero-order chi connectivity index (χ0) is 14.8. The van der Waals surface area contributed by atoms with E-state index in [1.807, 2.05) is 37.3 Å². The lowest BCUT2D eigenvalue weighted by Gasteiger charge is -2.13. The minimum absolute atomic E-state index is 0.0250. The normalized spacial score (nSPS) is 15.7. The first-order chi connectivity index (χ1) is 10.1. The molecule has 1 aromatic carbocycles. The van der Waals surface area contributed by atoms with Gasteiger partial charge in [-0.2, -0.15) is 5.10 Å². The predicted molar refractivity (Wildman–Crippen MR) is 82.6 cm³/mol. The van der Waals surface area contributed by atoms with Crippen LogP contribution >= 0.6 is 11.6 Å². The summed E-state index contributed by atoms with van der Waals surface area (Å²) in [6, 6.07) is 9.58. The number of aromatic nitrogens is 2. The molecule has 1 saturated carbocycles. The van der Waals surface area contributed by atoms with Crippen LogP contribution < -0.4 is 5.32 Å². The Hall–Kier alpha value is -1.81. The quantitative estimate of drug-likeness (QED) is 0.890. The summed E-state index contributed by atoms with van der Waals surface area (Å²) in [5.74, 6) is 0.440. The molecule has 2 aromatic rings. The number of carbonyl (C=O) groups excluding carboxylic acids is 1. The highest BCUT2D eigenvalue weighted by Gasteiger charge is 2.26. The number of carbonyl (C=O) groups is 1. The van der Waals surface area contributed by atoms with Gasteiger partial charge in [-0.25, -0.2) is 0 Å². The molecule has 1 aliphatic carbocycles. The van der Waals surface area contributed by atoms with Crippen molar-refractivity contribution in [2.24, 2.45) is 0 Å². The Morgan fingerprint density at radius 3 is 3.00 bits per heavy atom. The number of rotatable bonds is 5. The van der Waals surface area contributed by atoms with Gasteiger partial charge in [-0.1, -0.05) is 23.7 Å². The van der Waals surface area contributed by atoms with Crippen LogP contribution in [0.5, 0.6) is 0 Å². The van der Waals surface area contributed by atoms with Crippen molar-refractivity contribution >= 4 is 17.5 Å². The maximum atomic E-state index is 12.1. The molecule has 0 bridgehead atoms. The molecule has 1 aliphatic rings. The van der Waals surface area contributed by atoms with Gasteiger partial charge in [-0.3, -0.25) is 9.89 Å². The fourth-order valence-corrected chi connectivity index (χ4v) is 2.64. The van der Waals surface area contributed by atoms with Gasteiger partial charge in [-0.05, 0) is 49.9 Å². The molecule has 1 heterocycles. The summed E-state index contributed by atoms with van der Waals surface area (Å²) in [6.07, 6.45) is 3.12. The molecular weight excluding hydrogens is 286 g/mol. The van der Waals surface area contributed by atoms with E-state index in [1.165, 1.54) is 12.8 Å². The Kier molecular flexibility index (Phi) is 3.97. The summed E-state index contributed by atoms with van der Waals surface area (Å²) >= 11 is 5.97. The van der Waals surface area contributed by atoms with Gasteiger partial charge in [0.15, 0.2) is 0 Å². The van der Waals surface area contributed by atoms with Gasteiger partial charge in [0.25, 0.3) is 5.91 Å². The van der Waals surface area contributed by atoms with Crippen molar-refractivity contribution in [1.82, 2.24) is 15.5 Å². The lowest BCUT2D eigenvalue weighted by atomic mass is 10.1. The SMILES string of the molecule is C[C@@H](Cc1cccc(Cl)c1)NC(=O)c1cc(C2CC2)[nH]n1. The standard InChI is InChI=1S/C16H18ClN3O/c1-10(7-11-3-2-4-13(17)8-11)18-16(21)15-9-14(19-20-15)12-5-6-12/h2-4,8-10,12H,5-7H2,1H3,(H,18,21)(H,19,20)/t10-/m0/s1. The van der Waals surface area contributed by atoms with Crippen LogP contribution in [0.25, 0.3) is 0 Å². The van der Waals surface area contributed by atoms with Crippen LogP contribution in [0.1, 0.15) is 47.4 Å². The van der Waals surface area contributed by atoms with E-state index < -0.39 is 0 Å². The van der Waals surface area contributed by atoms with Crippen LogP contribution in [0.4, 0.5) is 0 Å². The van der Waals surface area contributed by atoms with E-state index in [1.54, 1.807) is 0 Å². The van der Waals surface area contributed by atoms with Gasteiger partial charge in [0, 0.05) is 22.7 Å². The van der Waals surface area contributed by atoms with E-state index in [9.17, 15) is 4.79 Å². The zero-order valence-corrected chi connectivity index (χ0v) is 12.7. The molecule has 1 fully saturated rings. The third kappa shape index (κ3) is 3.64. The Morgan fingerprint density at radius 1 is 1.48 bits per heavy atom. The fourth-order valence-electron chi connectivity index (χ4n) is 2.42. The first kappa shape index (κ1) is 14.1. The molecule has 1 aromatic heterocycles. The largest absolute Gasteiger partial charge is 0.348 e. The molecule has 0 spiro atoms. The lowest BCUT2D eigenvalue weighted by molar-refractivity contribution is 0.0935. The van der Waals surface area contributed by atoms with Crippen molar-refractivity contribution in [3.05, 3.63) is 52.3 Å². The molecule has 1 amide bonds. The number of hydrogen-bond donors (Lipinski definition) is 2.